The highest BCUT2D eigenvalue weighted by Gasteiger charge is 2.20. The molecule has 0 amide bonds. The summed E-state index contributed by atoms with van der Waals surface area (Å²) in [5.74, 6) is 0.918. The van der Waals surface area contributed by atoms with Crippen LogP contribution in [0.5, 0.6) is 0 Å². The normalized spacial score (nSPS) is 16.0. The summed E-state index contributed by atoms with van der Waals surface area (Å²) in [4.78, 5) is 31.9. The zero-order chi connectivity index (χ0) is 18.6. The number of H-pyrrole nitrogens is 1. The van der Waals surface area contributed by atoms with Gasteiger partial charge in [0.1, 0.15) is 11.3 Å². The zero-order valence-electron chi connectivity index (χ0n) is 15.2. The van der Waals surface area contributed by atoms with E-state index in [1.165, 1.54) is 0 Å². The van der Waals surface area contributed by atoms with Crippen molar-refractivity contribution in [2.75, 3.05) is 32.7 Å². The van der Waals surface area contributed by atoms with Crippen LogP contribution in [-0.4, -0.2) is 53.3 Å². The maximum atomic E-state index is 12.2. The Hall–Kier alpha value is -2.70. The van der Waals surface area contributed by atoms with Crippen LogP contribution >= 0.6 is 0 Å². The number of benzene rings is 1. The molecule has 1 aliphatic heterocycles. The molecule has 140 valence electrons. The van der Waals surface area contributed by atoms with Crippen LogP contribution in [0.4, 0.5) is 0 Å². The Bertz CT molecular complexity index is 970. The van der Waals surface area contributed by atoms with E-state index in [2.05, 4.69) is 14.8 Å². The SMILES string of the molecule is O=C(Cc1ccc[nH]1)CN1CCN(Cc2cc(=O)c3ccccc3o2)CC1. The second-order valence-electron chi connectivity index (χ2n) is 7.04. The average molecular weight is 365 g/mol. The number of aromatic amines is 1. The number of nitrogens with one attached hydrogen (secondary N) is 1. The fourth-order valence-electron chi connectivity index (χ4n) is 3.55. The van der Waals surface area contributed by atoms with E-state index >= 15 is 0 Å². The predicted molar refractivity (Wildman–Crippen MR) is 104 cm³/mol. The van der Waals surface area contributed by atoms with Crippen LogP contribution < -0.4 is 5.43 Å². The highest BCUT2D eigenvalue weighted by Crippen LogP contribution is 2.14. The number of nitrogens with zero attached hydrogens (tertiary/aromatic N) is 2. The summed E-state index contributed by atoms with van der Waals surface area (Å²) in [6.07, 6.45) is 2.29. The first-order valence-electron chi connectivity index (χ1n) is 9.28. The highest BCUT2D eigenvalue weighted by atomic mass is 16.3. The zero-order valence-corrected chi connectivity index (χ0v) is 15.2. The lowest BCUT2D eigenvalue weighted by molar-refractivity contribution is -0.120. The van der Waals surface area contributed by atoms with Crippen molar-refractivity contribution in [3.8, 4) is 0 Å². The molecule has 0 unspecified atom stereocenters. The number of aromatic nitrogens is 1. The number of Topliss-reactive ketones (excluding diaryl/α,β-unsaturated/α-hetero) is 1. The molecule has 0 atom stereocenters. The maximum absolute atomic E-state index is 12.2. The Morgan fingerprint density at radius 1 is 1.04 bits per heavy atom. The molecule has 3 heterocycles. The molecule has 27 heavy (non-hydrogen) atoms. The van der Waals surface area contributed by atoms with Crippen molar-refractivity contribution in [2.24, 2.45) is 0 Å². The summed E-state index contributed by atoms with van der Waals surface area (Å²) in [6, 6.07) is 12.8. The molecule has 0 bridgehead atoms. The van der Waals surface area contributed by atoms with Crippen LogP contribution in [-0.2, 0) is 17.8 Å². The number of ketones is 1. The Morgan fingerprint density at radius 3 is 2.59 bits per heavy atom. The molecule has 6 heteroatoms. The van der Waals surface area contributed by atoms with Crippen molar-refractivity contribution in [3.63, 3.8) is 0 Å². The molecule has 1 saturated heterocycles. The molecule has 1 N–H and O–H groups in total. The van der Waals surface area contributed by atoms with E-state index in [1.807, 2.05) is 36.5 Å². The highest BCUT2D eigenvalue weighted by molar-refractivity contribution is 5.82. The molecule has 3 aromatic rings. The molecule has 1 aromatic carbocycles. The monoisotopic (exact) mass is 365 g/mol. The third-order valence-corrected chi connectivity index (χ3v) is 4.98. The van der Waals surface area contributed by atoms with Gasteiger partial charge in [0.25, 0.3) is 0 Å². The van der Waals surface area contributed by atoms with Crippen LogP contribution in [0.2, 0.25) is 0 Å². The van der Waals surface area contributed by atoms with E-state index in [9.17, 15) is 9.59 Å². The quantitative estimate of drug-likeness (QED) is 0.724. The average Bonchev–Trinajstić information content (AvgIpc) is 3.16. The van der Waals surface area contributed by atoms with Crippen molar-refractivity contribution >= 4 is 16.8 Å². The van der Waals surface area contributed by atoms with Crippen LogP contribution in [0.25, 0.3) is 11.0 Å². The fraction of sp³-hybridized carbons (Fsp3) is 0.333. The third-order valence-electron chi connectivity index (χ3n) is 4.98. The first-order chi connectivity index (χ1) is 13.2. The minimum Gasteiger partial charge on any atom is -0.459 e. The molecular weight excluding hydrogens is 342 g/mol. The lowest BCUT2D eigenvalue weighted by Gasteiger charge is -2.33. The number of carbonyl (C=O) groups is 1. The maximum Gasteiger partial charge on any atom is 0.192 e. The summed E-state index contributed by atoms with van der Waals surface area (Å²) >= 11 is 0. The topological polar surface area (TPSA) is 69.6 Å². The summed E-state index contributed by atoms with van der Waals surface area (Å²) in [6.45, 7) is 4.49. The van der Waals surface area contributed by atoms with Crippen molar-refractivity contribution in [3.05, 3.63) is 70.3 Å². The number of carbonyl (C=O) groups excluding carboxylic acids is 1. The smallest absolute Gasteiger partial charge is 0.192 e. The van der Waals surface area contributed by atoms with Gasteiger partial charge in [-0.2, -0.15) is 0 Å². The Balaban J connectivity index is 1.30. The molecule has 0 radical (unpaired) electrons. The minimum absolute atomic E-state index is 0.000370. The number of hydrogen-bond acceptors (Lipinski definition) is 5. The van der Waals surface area contributed by atoms with Gasteiger partial charge in [-0.25, -0.2) is 0 Å². The Kier molecular flexibility index (Phi) is 5.18. The Morgan fingerprint density at radius 2 is 1.81 bits per heavy atom. The van der Waals surface area contributed by atoms with Gasteiger partial charge in [-0.05, 0) is 24.3 Å². The molecule has 2 aromatic heterocycles. The lowest BCUT2D eigenvalue weighted by Crippen LogP contribution is -2.47. The van der Waals surface area contributed by atoms with Crippen LogP contribution in [0, 0.1) is 0 Å². The van der Waals surface area contributed by atoms with Gasteiger partial charge in [0.15, 0.2) is 11.2 Å². The molecule has 0 saturated carbocycles. The van der Waals surface area contributed by atoms with E-state index in [0.29, 0.717) is 36.2 Å². The van der Waals surface area contributed by atoms with Crippen molar-refractivity contribution < 1.29 is 9.21 Å². The van der Waals surface area contributed by atoms with E-state index in [-0.39, 0.29) is 11.2 Å². The number of fused-ring (bicyclic) bond motifs is 1. The van der Waals surface area contributed by atoms with Crippen LogP contribution in [0.15, 0.2) is 57.9 Å². The van der Waals surface area contributed by atoms with Gasteiger partial charge in [0.2, 0.25) is 0 Å². The largest absolute Gasteiger partial charge is 0.459 e. The lowest BCUT2D eigenvalue weighted by atomic mass is 10.2. The first kappa shape index (κ1) is 17.7. The first-order valence-corrected chi connectivity index (χ1v) is 9.28. The van der Waals surface area contributed by atoms with Gasteiger partial charge in [-0.15, -0.1) is 0 Å². The minimum atomic E-state index is 0.000370. The van der Waals surface area contributed by atoms with Crippen molar-refractivity contribution in [1.82, 2.24) is 14.8 Å². The fourth-order valence-corrected chi connectivity index (χ4v) is 3.55. The Labute approximate surface area is 157 Å². The molecular formula is C21H23N3O3. The van der Waals surface area contributed by atoms with Gasteiger partial charge in [-0.1, -0.05) is 12.1 Å². The molecule has 0 spiro atoms. The van der Waals surface area contributed by atoms with Gasteiger partial charge in [0.05, 0.1) is 18.5 Å². The van der Waals surface area contributed by atoms with E-state index in [0.717, 1.165) is 31.9 Å². The second kappa shape index (κ2) is 7.90. The van der Waals surface area contributed by atoms with Crippen LogP contribution in [0.3, 0.4) is 0 Å². The summed E-state index contributed by atoms with van der Waals surface area (Å²) in [7, 11) is 0. The molecule has 1 aliphatic rings. The number of para-hydroxylation sites is 1. The molecule has 1 fully saturated rings. The standard InChI is InChI=1S/C21H23N3O3/c25-17(12-16-4-3-7-22-16)14-23-8-10-24(11-9-23)15-18-13-20(26)19-5-1-2-6-21(19)27-18/h1-7,13,22H,8-12,14-15H2. The van der Waals surface area contributed by atoms with E-state index in [1.54, 1.807) is 12.1 Å². The van der Waals surface area contributed by atoms with E-state index in [4.69, 9.17) is 4.42 Å². The van der Waals surface area contributed by atoms with Crippen molar-refractivity contribution in [1.29, 1.82) is 0 Å². The summed E-state index contributed by atoms with van der Waals surface area (Å²) in [5.41, 5.74) is 1.60. The van der Waals surface area contributed by atoms with Gasteiger partial charge < -0.3 is 9.40 Å². The van der Waals surface area contributed by atoms with Crippen LogP contribution in [0.1, 0.15) is 11.5 Å². The predicted octanol–water partition coefficient (Wildman–Crippen LogP) is 2.05. The van der Waals surface area contributed by atoms with Crippen molar-refractivity contribution in [2.45, 2.75) is 13.0 Å². The molecule has 0 aliphatic carbocycles. The van der Waals surface area contributed by atoms with E-state index < -0.39 is 0 Å². The summed E-state index contributed by atoms with van der Waals surface area (Å²) in [5, 5.41) is 0.617. The molecule has 6 nitrogen and oxygen atoms in total. The molecule has 4 rings (SSSR count). The van der Waals surface area contributed by atoms with Gasteiger partial charge in [0, 0.05) is 50.6 Å². The number of rotatable bonds is 6. The number of hydrogen-bond donors (Lipinski definition) is 1. The number of piperazine rings is 1. The van der Waals surface area contributed by atoms with Gasteiger partial charge >= 0.3 is 0 Å². The van der Waals surface area contributed by atoms with Gasteiger partial charge in [-0.3, -0.25) is 19.4 Å². The second-order valence-corrected chi connectivity index (χ2v) is 7.04. The third kappa shape index (κ3) is 4.35. The summed E-state index contributed by atoms with van der Waals surface area (Å²) < 4.78 is 5.88.